The molecule has 5 rings (SSSR count). The van der Waals surface area contributed by atoms with E-state index in [0.29, 0.717) is 11.9 Å². The van der Waals surface area contributed by atoms with Crippen molar-refractivity contribution in [3.63, 3.8) is 0 Å². The minimum Gasteiger partial charge on any atom is -0.315 e. The lowest BCUT2D eigenvalue weighted by Crippen LogP contribution is -2.32. The number of amides is 1. The number of nitrogens with one attached hydrogen (secondary N) is 2. The van der Waals surface area contributed by atoms with Crippen LogP contribution in [0, 0.1) is 0 Å². The van der Waals surface area contributed by atoms with E-state index in [-0.39, 0.29) is 5.91 Å². The van der Waals surface area contributed by atoms with Crippen LogP contribution in [0.25, 0.3) is 22.2 Å². The van der Waals surface area contributed by atoms with Gasteiger partial charge in [-0.05, 0) is 45.4 Å². The van der Waals surface area contributed by atoms with Crippen LogP contribution in [0.2, 0.25) is 0 Å². The fourth-order valence-electron chi connectivity index (χ4n) is 4.37. The number of rotatable bonds is 2. The first-order chi connectivity index (χ1) is 13.1. The molecule has 2 aliphatic heterocycles. The average molecular weight is 361 g/mol. The van der Waals surface area contributed by atoms with Crippen LogP contribution in [0.1, 0.15) is 38.3 Å². The Kier molecular flexibility index (Phi) is 3.59. The van der Waals surface area contributed by atoms with Gasteiger partial charge in [0.15, 0.2) is 0 Å². The molecule has 1 aromatic carbocycles. The van der Waals surface area contributed by atoms with Gasteiger partial charge in [0.05, 0.1) is 17.0 Å². The zero-order valence-electron chi connectivity index (χ0n) is 15.6. The van der Waals surface area contributed by atoms with Crippen LogP contribution in [0.15, 0.2) is 36.5 Å². The summed E-state index contributed by atoms with van der Waals surface area (Å²) in [6.07, 6.45) is 4.04. The Morgan fingerprint density at radius 1 is 1.22 bits per heavy atom. The first-order valence-corrected chi connectivity index (χ1v) is 9.56. The molecule has 0 radical (unpaired) electrons. The molecule has 0 saturated carbocycles. The average Bonchev–Trinajstić information content (AvgIpc) is 3.18. The highest BCUT2D eigenvalue weighted by Gasteiger charge is 2.42. The molecule has 6 heteroatoms. The van der Waals surface area contributed by atoms with Crippen LogP contribution < -0.4 is 10.6 Å². The second kappa shape index (κ2) is 5.89. The van der Waals surface area contributed by atoms with Crippen molar-refractivity contribution in [2.45, 2.75) is 38.1 Å². The van der Waals surface area contributed by atoms with Gasteiger partial charge in [-0.3, -0.25) is 9.48 Å². The Morgan fingerprint density at radius 2 is 2.07 bits per heavy atom. The van der Waals surface area contributed by atoms with Gasteiger partial charge in [0, 0.05) is 29.3 Å². The van der Waals surface area contributed by atoms with Gasteiger partial charge >= 0.3 is 0 Å². The molecule has 1 saturated heterocycles. The van der Waals surface area contributed by atoms with Crippen molar-refractivity contribution in [1.82, 2.24) is 20.1 Å². The van der Waals surface area contributed by atoms with Crippen LogP contribution in [-0.2, 0) is 10.2 Å². The number of nitrogens with zero attached hydrogens (tertiary/aromatic N) is 3. The molecule has 27 heavy (non-hydrogen) atoms. The zero-order chi connectivity index (χ0) is 18.6. The van der Waals surface area contributed by atoms with Crippen LogP contribution in [0.4, 0.5) is 5.82 Å². The van der Waals surface area contributed by atoms with E-state index < -0.39 is 5.41 Å². The Labute approximate surface area is 158 Å². The predicted molar refractivity (Wildman–Crippen MR) is 106 cm³/mol. The lowest BCUT2D eigenvalue weighted by Gasteiger charge is -2.23. The summed E-state index contributed by atoms with van der Waals surface area (Å²) in [6, 6.07) is 10.7. The van der Waals surface area contributed by atoms with E-state index in [9.17, 15) is 4.79 Å². The third-order valence-electron chi connectivity index (χ3n) is 5.86. The fourth-order valence-corrected chi connectivity index (χ4v) is 4.37. The molecule has 0 unspecified atom stereocenters. The van der Waals surface area contributed by atoms with Gasteiger partial charge in [-0.15, -0.1) is 0 Å². The van der Waals surface area contributed by atoms with Gasteiger partial charge in [-0.2, -0.15) is 5.10 Å². The maximum absolute atomic E-state index is 12.5. The molecule has 3 aromatic rings. The molecule has 1 atom stereocenters. The van der Waals surface area contributed by atoms with Crippen molar-refractivity contribution in [2.75, 3.05) is 18.4 Å². The van der Waals surface area contributed by atoms with E-state index in [1.54, 1.807) is 6.20 Å². The van der Waals surface area contributed by atoms with E-state index in [0.717, 1.165) is 53.7 Å². The molecule has 2 aliphatic rings. The van der Waals surface area contributed by atoms with Gasteiger partial charge in [-0.1, -0.05) is 18.2 Å². The van der Waals surface area contributed by atoms with Crippen molar-refractivity contribution in [1.29, 1.82) is 0 Å². The number of aromatic nitrogens is 3. The summed E-state index contributed by atoms with van der Waals surface area (Å²) in [5, 5.41) is 12.6. The first kappa shape index (κ1) is 16.4. The minimum absolute atomic E-state index is 0.0160. The quantitative estimate of drug-likeness (QED) is 0.735. The number of carbonyl (C=O) groups is 1. The molecule has 2 aromatic heterocycles. The molecule has 4 heterocycles. The summed E-state index contributed by atoms with van der Waals surface area (Å²) in [5.74, 6) is 0.637. The molecule has 0 spiro atoms. The van der Waals surface area contributed by atoms with E-state index in [2.05, 4.69) is 38.5 Å². The maximum Gasteiger partial charge on any atom is 0.235 e. The van der Waals surface area contributed by atoms with E-state index in [1.165, 1.54) is 0 Å². The second-order valence-corrected chi connectivity index (χ2v) is 7.97. The topological polar surface area (TPSA) is 71.8 Å². The number of fused-ring (bicyclic) bond motifs is 2. The van der Waals surface area contributed by atoms with Gasteiger partial charge in [0.2, 0.25) is 5.91 Å². The second-order valence-electron chi connectivity index (χ2n) is 7.97. The van der Waals surface area contributed by atoms with Crippen molar-refractivity contribution in [3.05, 3.63) is 42.1 Å². The van der Waals surface area contributed by atoms with Crippen molar-refractivity contribution >= 4 is 22.6 Å². The Hall–Kier alpha value is -2.73. The van der Waals surface area contributed by atoms with Gasteiger partial charge in [-0.25, -0.2) is 4.98 Å². The third kappa shape index (κ3) is 2.40. The highest BCUT2D eigenvalue weighted by molar-refractivity contribution is 6.08. The Morgan fingerprint density at radius 3 is 2.89 bits per heavy atom. The molecule has 0 aliphatic carbocycles. The normalized spacial score (nSPS) is 21.3. The van der Waals surface area contributed by atoms with Crippen molar-refractivity contribution < 1.29 is 4.79 Å². The van der Waals surface area contributed by atoms with Gasteiger partial charge in [0.25, 0.3) is 0 Å². The smallest absolute Gasteiger partial charge is 0.235 e. The molecule has 2 N–H and O–H groups in total. The molecule has 1 fully saturated rings. The summed E-state index contributed by atoms with van der Waals surface area (Å²) in [6.45, 7) is 5.90. The number of para-hydroxylation sites is 1. The molecule has 1 amide bonds. The van der Waals surface area contributed by atoms with Crippen molar-refractivity contribution in [3.8, 4) is 11.3 Å². The number of pyridine rings is 1. The minimum atomic E-state index is -0.629. The first-order valence-electron chi connectivity index (χ1n) is 9.56. The van der Waals surface area contributed by atoms with Crippen LogP contribution in [0.5, 0.6) is 0 Å². The Bertz CT molecular complexity index is 1050. The lowest BCUT2D eigenvalue weighted by molar-refractivity contribution is -0.119. The largest absolute Gasteiger partial charge is 0.315 e. The van der Waals surface area contributed by atoms with E-state index in [4.69, 9.17) is 5.10 Å². The number of anilines is 1. The van der Waals surface area contributed by atoms with Gasteiger partial charge in [0.1, 0.15) is 11.5 Å². The molecular formula is C21H23N5O. The number of hydrogen-bond donors (Lipinski definition) is 2. The summed E-state index contributed by atoms with van der Waals surface area (Å²) in [7, 11) is 0. The molecule has 6 nitrogen and oxygen atoms in total. The Balaban J connectivity index is 1.74. The standard InChI is InChI=1S/C21H23N5O/c1-21(2)17-15(9-11-23-19(17)24-20(21)27)18-14-7-3-4-8-16(14)26(25-18)13-6-5-10-22-12-13/h3-4,7-9,11,13,22H,5-6,10,12H2,1-2H3,(H,23,24,27)/t13-/m1/s1. The highest BCUT2D eigenvalue weighted by Crippen LogP contribution is 2.43. The zero-order valence-corrected chi connectivity index (χ0v) is 15.6. The monoisotopic (exact) mass is 361 g/mol. The molecule has 138 valence electrons. The SMILES string of the molecule is CC1(C)C(=O)Nc2nccc(-c3nn([C@@H]4CCCNC4)c4ccccc34)c21. The molecule has 0 bridgehead atoms. The number of carbonyl (C=O) groups excluding carboxylic acids is 1. The number of piperidine rings is 1. The summed E-state index contributed by atoms with van der Waals surface area (Å²) in [5.41, 5.74) is 3.37. The van der Waals surface area contributed by atoms with Gasteiger partial charge < -0.3 is 10.6 Å². The summed E-state index contributed by atoms with van der Waals surface area (Å²) < 4.78 is 2.17. The predicted octanol–water partition coefficient (Wildman–Crippen LogP) is 3.25. The number of benzene rings is 1. The van der Waals surface area contributed by atoms with Crippen LogP contribution in [0.3, 0.4) is 0 Å². The highest BCUT2D eigenvalue weighted by atomic mass is 16.2. The van der Waals surface area contributed by atoms with Crippen LogP contribution >= 0.6 is 0 Å². The summed E-state index contributed by atoms with van der Waals surface area (Å²) in [4.78, 5) is 16.9. The maximum atomic E-state index is 12.5. The van der Waals surface area contributed by atoms with E-state index >= 15 is 0 Å². The fraction of sp³-hybridized carbons (Fsp3) is 0.381. The number of hydrogen-bond acceptors (Lipinski definition) is 4. The van der Waals surface area contributed by atoms with E-state index in [1.807, 2.05) is 26.0 Å². The summed E-state index contributed by atoms with van der Waals surface area (Å²) >= 11 is 0. The molecular weight excluding hydrogens is 338 g/mol. The van der Waals surface area contributed by atoms with Crippen molar-refractivity contribution in [2.24, 2.45) is 0 Å². The third-order valence-corrected chi connectivity index (χ3v) is 5.86. The lowest BCUT2D eigenvalue weighted by atomic mass is 9.83. The van der Waals surface area contributed by atoms with Crippen LogP contribution in [-0.4, -0.2) is 33.8 Å².